The second-order valence-corrected chi connectivity index (χ2v) is 5.01. The lowest BCUT2D eigenvalue weighted by Gasteiger charge is -2.04. The van der Waals surface area contributed by atoms with Crippen molar-refractivity contribution in [2.45, 2.75) is 30.5 Å². The van der Waals surface area contributed by atoms with Gasteiger partial charge in [0.05, 0.1) is 18.0 Å². The predicted molar refractivity (Wildman–Crippen MR) is 65.9 cm³/mol. The Morgan fingerprint density at radius 1 is 1.24 bits per heavy atom. The van der Waals surface area contributed by atoms with Crippen LogP contribution in [-0.2, 0) is 20.7 Å². The van der Waals surface area contributed by atoms with E-state index in [0.29, 0.717) is 0 Å². The lowest BCUT2D eigenvalue weighted by atomic mass is 10.3. The lowest BCUT2D eigenvalue weighted by Crippen LogP contribution is -1.97. The van der Waals surface area contributed by atoms with Crippen molar-refractivity contribution < 1.29 is 5.11 Å². The zero-order valence-electron chi connectivity index (χ0n) is 10.4. The Kier molecular flexibility index (Phi) is 3.26. The average molecular weight is 252 g/mol. The Morgan fingerprint density at radius 3 is 2.47 bits per heavy atom. The number of aliphatic hydroxyl groups excluding tert-OH is 1. The molecule has 0 spiro atoms. The highest BCUT2D eigenvalue weighted by Crippen LogP contribution is 2.31. The SMILES string of the molecule is Cc1cc(Sc2c(CO)c(C)nn2C)n(C)n1. The first-order valence-electron chi connectivity index (χ1n) is 5.34. The van der Waals surface area contributed by atoms with E-state index < -0.39 is 0 Å². The van der Waals surface area contributed by atoms with Gasteiger partial charge in [-0.15, -0.1) is 0 Å². The summed E-state index contributed by atoms with van der Waals surface area (Å²) in [6, 6.07) is 2.02. The summed E-state index contributed by atoms with van der Waals surface area (Å²) in [6.07, 6.45) is 0. The van der Waals surface area contributed by atoms with Gasteiger partial charge in [-0.3, -0.25) is 9.36 Å². The number of aliphatic hydroxyl groups is 1. The minimum atomic E-state index is 0.0127. The Balaban J connectivity index is 2.39. The van der Waals surface area contributed by atoms with Crippen molar-refractivity contribution in [3.05, 3.63) is 23.0 Å². The maximum Gasteiger partial charge on any atom is 0.106 e. The topological polar surface area (TPSA) is 55.9 Å². The smallest absolute Gasteiger partial charge is 0.106 e. The van der Waals surface area contributed by atoms with Crippen molar-refractivity contribution in [2.75, 3.05) is 0 Å². The van der Waals surface area contributed by atoms with Crippen LogP contribution in [0.15, 0.2) is 16.1 Å². The molecule has 0 aliphatic carbocycles. The summed E-state index contributed by atoms with van der Waals surface area (Å²) in [4.78, 5) is 0. The van der Waals surface area contributed by atoms with Gasteiger partial charge in [0.2, 0.25) is 0 Å². The molecule has 0 bridgehead atoms. The molecule has 0 aliphatic rings. The molecule has 2 aromatic heterocycles. The molecule has 1 N–H and O–H groups in total. The molecule has 0 atom stereocenters. The molecule has 0 saturated heterocycles. The first-order valence-corrected chi connectivity index (χ1v) is 6.16. The van der Waals surface area contributed by atoms with Gasteiger partial charge >= 0.3 is 0 Å². The maximum absolute atomic E-state index is 9.38. The minimum Gasteiger partial charge on any atom is -0.392 e. The van der Waals surface area contributed by atoms with Crippen molar-refractivity contribution >= 4 is 11.8 Å². The highest BCUT2D eigenvalue weighted by molar-refractivity contribution is 7.99. The van der Waals surface area contributed by atoms with Crippen molar-refractivity contribution in [1.82, 2.24) is 19.6 Å². The molecular formula is C11H16N4OS. The monoisotopic (exact) mass is 252 g/mol. The number of aryl methyl sites for hydroxylation is 4. The van der Waals surface area contributed by atoms with Crippen molar-refractivity contribution in [2.24, 2.45) is 14.1 Å². The van der Waals surface area contributed by atoms with E-state index >= 15 is 0 Å². The molecule has 2 rings (SSSR count). The lowest BCUT2D eigenvalue weighted by molar-refractivity contribution is 0.277. The van der Waals surface area contributed by atoms with Crippen LogP contribution in [0, 0.1) is 13.8 Å². The average Bonchev–Trinajstić information content (AvgIpc) is 2.69. The molecule has 92 valence electrons. The first-order chi connectivity index (χ1) is 8.02. The Hall–Kier alpha value is -1.27. The summed E-state index contributed by atoms with van der Waals surface area (Å²) < 4.78 is 3.64. The maximum atomic E-state index is 9.38. The van der Waals surface area contributed by atoms with Gasteiger partial charge in [-0.2, -0.15) is 10.2 Å². The molecule has 2 heterocycles. The van der Waals surface area contributed by atoms with Gasteiger partial charge in [0, 0.05) is 19.7 Å². The second kappa shape index (κ2) is 4.54. The van der Waals surface area contributed by atoms with E-state index in [1.807, 2.05) is 38.7 Å². The van der Waals surface area contributed by atoms with Crippen molar-refractivity contribution in [3.63, 3.8) is 0 Å². The number of rotatable bonds is 3. The molecule has 0 aromatic carbocycles. The predicted octanol–water partition coefficient (Wildman–Crippen LogP) is 1.41. The standard InChI is InChI=1S/C11H16N4OS/c1-7-5-10(14(3)12-7)17-11-9(6-16)8(2)13-15(11)4/h5,16H,6H2,1-4H3. The van der Waals surface area contributed by atoms with E-state index in [2.05, 4.69) is 10.2 Å². The van der Waals surface area contributed by atoms with E-state index in [1.54, 1.807) is 16.4 Å². The molecule has 0 fully saturated rings. The Morgan fingerprint density at radius 2 is 1.94 bits per heavy atom. The van der Waals surface area contributed by atoms with Crippen LogP contribution in [0.25, 0.3) is 0 Å². The molecule has 17 heavy (non-hydrogen) atoms. The Bertz CT molecular complexity index is 544. The Labute approximate surface area is 104 Å². The third-order valence-electron chi connectivity index (χ3n) is 2.61. The van der Waals surface area contributed by atoms with Gasteiger partial charge in [-0.25, -0.2) is 0 Å². The summed E-state index contributed by atoms with van der Waals surface area (Å²) in [5, 5.41) is 20.0. The highest BCUT2D eigenvalue weighted by atomic mass is 32.2. The van der Waals surface area contributed by atoms with Crippen LogP contribution in [0.2, 0.25) is 0 Å². The summed E-state index contributed by atoms with van der Waals surface area (Å²) in [5.41, 5.74) is 2.74. The fraction of sp³-hybridized carbons (Fsp3) is 0.455. The highest BCUT2D eigenvalue weighted by Gasteiger charge is 2.15. The van der Waals surface area contributed by atoms with Crippen LogP contribution in [0.5, 0.6) is 0 Å². The zero-order chi connectivity index (χ0) is 12.6. The fourth-order valence-corrected chi connectivity index (χ4v) is 2.88. The minimum absolute atomic E-state index is 0.0127. The normalized spacial score (nSPS) is 11.1. The van der Waals surface area contributed by atoms with Crippen LogP contribution in [0.1, 0.15) is 17.0 Å². The largest absolute Gasteiger partial charge is 0.392 e. The third kappa shape index (κ3) is 2.23. The summed E-state index contributed by atoms with van der Waals surface area (Å²) in [5.74, 6) is 0. The van der Waals surface area contributed by atoms with Gasteiger partial charge in [0.15, 0.2) is 0 Å². The molecule has 0 radical (unpaired) electrons. The van der Waals surface area contributed by atoms with Gasteiger partial charge in [-0.05, 0) is 19.9 Å². The molecule has 0 unspecified atom stereocenters. The van der Waals surface area contributed by atoms with E-state index in [9.17, 15) is 5.11 Å². The fourth-order valence-electron chi connectivity index (χ4n) is 1.77. The van der Waals surface area contributed by atoms with Crippen LogP contribution in [-0.4, -0.2) is 24.7 Å². The molecule has 6 heteroatoms. The van der Waals surface area contributed by atoms with Gasteiger partial charge in [0.25, 0.3) is 0 Å². The van der Waals surface area contributed by atoms with Gasteiger partial charge in [-0.1, -0.05) is 11.8 Å². The number of aromatic nitrogens is 4. The van der Waals surface area contributed by atoms with E-state index in [-0.39, 0.29) is 6.61 Å². The van der Waals surface area contributed by atoms with Gasteiger partial charge < -0.3 is 5.11 Å². The number of nitrogens with zero attached hydrogens (tertiary/aromatic N) is 4. The quantitative estimate of drug-likeness (QED) is 0.897. The van der Waals surface area contributed by atoms with E-state index in [4.69, 9.17) is 0 Å². The first kappa shape index (κ1) is 12.2. The second-order valence-electron chi connectivity index (χ2n) is 4.00. The number of hydrogen-bond donors (Lipinski definition) is 1. The summed E-state index contributed by atoms with van der Waals surface area (Å²) in [7, 11) is 3.80. The molecular weight excluding hydrogens is 236 g/mol. The molecule has 0 saturated carbocycles. The van der Waals surface area contributed by atoms with Crippen LogP contribution in [0.4, 0.5) is 0 Å². The van der Waals surface area contributed by atoms with Crippen molar-refractivity contribution in [3.8, 4) is 0 Å². The summed E-state index contributed by atoms with van der Waals surface area (Å²) in [6.45, 7) is 3.88. The van der Waals surface area contributed by atoms with E-state index in [1.165, 1.54) is 0 Å². The molecule has 0 aliphatic heterocycles. The van der Waals surface area contributed by atoms with Crippen molar-refractivity contribution in [1.29, 1.82) is 0 Å². The zero-order valence-corrected chi connectivity index (χ0v) is 11.2. The molecule has 2 aromatic rings. The van der Waals surface area contributed by atoms with Crippen LogP contribution in [0.3, 0.4) is 0 Å². The third-order valence-corrected chi connectivity index (χ3v) is 3.90. The van der Waals surface area contributed by atoms with Gasteiger partial charge in [0.1, 0.15) is 10.1 Å². The van der Waals surface area contributed by atoms with Crippen LogP contribution < -0.4 is 0 Å². The molecule has 0 amide bonds. The van der Waals surface area contributed by atoms with Crippen LogP contribution >= 0.6 is 11.8 Å². The number of hydrogen-bond acceptors (Lipinski definition) is 4. The van der Waals surface area contributed by atoms with E-state index in [0.717, 1.165) is 27.0 Å². The molecule has 5 nitrogen and oxygen atoms in total. The summed E-state index contributed by atoms with van der Waals surface area (Å²) >= 11 is 1.57.